The standard InChI is InChI=1S/C14H19NO4S/c1-10(13-6-7-19-9-13)15-20(17,18)14-5-3-4-12(8-14)11(2)16/h3-5,8,10,13,15H,6-7,9H2,1-2H3. The highest BCUT2D eigenvalue weighted by molar-refractivity contribution is 7.89. The molecule has 0 saturated carbocycles. The van der Waals surface area contributed by atoms with E-state index in [1.165, 1.54) is 19.1 Å². The largest absolute Gasteiger partial charge is 0.381 e. The van der Waals surface area contributed by atoms with Gasteiger partial charge in [-0.15, -0.1) is 0 Å². The van der Waals surface area contributed by atoms with Crippen molar-refractivity contribution in [2.24, 2.45) is 5.92 Å². The van der Waals surface area contributed by atoms with Crippen molar-refractivity contribution in [3.63, 3.8) is 0 Å². The summed E-state index contributed by atoms with van der Waals surface area (Å²) in [5.41, 5.74) is 0.393. The Kier molecular flexibility index (Phi) is 4.57. The number of carbonyl (C=O) groups excluding carboxylic acids is 1. The van der Waals surface area contributed by atoms with E-state index in [9.17, 15) is 13.2 Å². The van der Waals surface area contributed by atoms with Gasteiger partial charge in [-0.05, 0) is 32.4 Å². The van der Waals surface area contributed by atoms with Gasteiger partial charge in [-0.25, -0.2) is 13.1 Å². The molecule has 1 fully saturated rings. The third kappa shape index (κ3) is 3.45. The van der Waals surface area contributed by atoms with E-state index in [4.69, 9.17) is 4.74 Å². The molecule has 6 heteroatoms. The topological polar surface area (TPSA) is 72.5 Å². The minimum atomic E-state index is -3.61. The van der Waals surface area contributed by atoms with Crippen molar-refractivity contribution in [1.82, 2.24) is 4.72 Å². The van der Waals surface area contributed by atoms with Crippen molar-refractivity contribution in [1.29, 1.82) is 0 Å². The number of ketones is 1. The predicted octanol–water partition coefficient (Wildman–Crippen LogP) is 1.59. The first kappa shape index (κ1) is 15.2. The molecule has 0 radical (unpaired) electrons. The van der Waals surface area contributed by atoms with Crippen LogP contribution in [0, 0.1) is 5.92 Å². The zero-order valence-electron chi connectivity index (χ0n) is 11.6. The van der Waals surface area contributed by atoms with E-state index >= 15 is 0 Å². The highest BCUT2D eigenvalue weighted by Crippen LogP contribution is 2.19. The number of nitrogens with one attached hydrogen (secondary N) is 1. The summed E-state index contributed by atoms with van der Waals surface area (Å²) in [6.07, 6.45) is 0.858. The highest BCUT2D eigenvalue weighted by Gasteiger charge is 2.26. The van der Waals surface area contributed by atoms with Crippen LogP contribution in [0.3, 0.4) is 0 Å². The van der Waals surface area contributed by atoms with E-state index in [2.05, 4.69) is 4.72 Å². The van der Waals surface area contributed by atoms with Gasteiger partial charge in [0.05, 0.1) is 11.5 Å². The fraction of sp³-hybridized carbons (Fsp3) is 0.500. The Morgan fingerprint density at radius 3 is 2.80 bits per heavy atom. The van der Waals surface area contributed by atoms with Crippen LogP contribution >= 0.6 is 0 Å². The summed E-state index contributed by atoms with van der Waals surface area (Å²) in [5, 5.41) is 0. The summed E-state index contributed by atoms with van der Waals surface area (Å²) in [5.74, 6) is 0.0417. The Balaban J connectivity index is 2.17. The van der Waals surface area contributed by atoms with Gasteiger partial charge in [-0.2, -0.15) is 0 Å². The fourth-order valence-electron chi connectivity index (χ4n) is 2.24. The van der Waals surface area contributed by atoms with Crippen molar-refractivity contribution in [3.05, 3.63) is 29.8 Å². The van der Waals surface area contributed by atoms with Crippen LogP contribution in [0.1, 0.15) is 30.6 Å². The third-order valence-corrected chi connectivity index (χ3v) is 5.12. The summed E-state index contributed by atoms with van der Waals surface area (Å²) in [7, 11) is -3.61. The average Bonchev–Trinajstić information content (AvgIpc) is 2.92. The number of carbonyl (C=O) groups is 1. The van der Waals surface area contributed by atoms with E-state index in [0.29, 0.717) is 18.8 Å². The molecular weight excluding hydrogens is 278 g/mol. The Hall–Kier alpha value is -1.24. The molecule has 1 heterocycles. The second-order valence-corrected chi connectivity index (χ2v) is 6.83. The van der Waals surface area contributed by atoms with E-state index in [1.54, 1.807) is 12.1 Å². The Bertz CT molecular complexity index is 591. The molecule has 0 bridgehead atoms. The Morgan fingerprint density at radius 1 is 1.45 bits per heavy atom. The molecule has 1 N–H and O–H groups in total. The van der Waals surface area contributed by atoms with Crippen molar-refractivity contribution in [2.75, 3.05) is 13.2 Å². The van der Waals surface area contributed by atoms with Crippen LogP contribution < -0.4 is 4.72 Å². The van der Waals surface area contributed by atoms with Gasteiger partial charge in [-0.1, -0.05) is 12.1 Å². The molecule has 5 nitrogen and oxygen atoms in total. The van der Waals surface area contributed by atoms with Gasteiger partial charge in [0.15, 0.2) is 5.78 Å². The predicted molar refractivity (Wildman–Crippen MR) is 75.2 cm³/mol. The molecule has 0 aromatic heterocycles. The molecule has 1 aliphatic heterocycles. The normalized spacial score (nSPS) is 20.8. The molecule has 1 saturated heterocycles. The fourth-order valence-corrected chi connectivity index (χ4v) is 3.60. The van der Waals surface area contributed by atoms with Crippen LogP contribution in [-0.4, -0.2) is 33.5 Å². The quantitative estimate of drug-likeness (QED) is 0.838. The number of hydrogen-bond acceptors (Lipinski definition) is 4. The molecule has 0 amide bonds. The Morgan fingerprint density at radius 2 is 2.20 bits per heavy atom. The summed E-state index contributed by atoms with van der Waals surface area (Å²) in [4.78, 5) is 11.4. The molecule has 1 aromatic carbocycles. The van der Waals surface area contributed by atoms with E-state index < -0.39 is 10.0 Å². The molecule has 1 aliphatic rings. The van der Waals surface area contributed by atoms with Crippen LogP contribution in [-0.2, 0) is 14.8 Å². The van der Waals surface area contributed by atoms with Gasteiger partial charge in [0.25, 0.3) is 0 Å². The zero-order chi connectivity index (χ0) is 14.8. The van der Waals surface area contributed by atoms with Crippen molar-refractivity contribution < 1.29 is 17.9 Å². The molecule has 0 aliphatic carbocycles. The van der Waals surface area contributed by atoms with Crippen LogP contribution in [0.5, 0.6) is 0 Å². The summed E-state index contributed by atoms with van der Waals surface area (Å²) in [6, 6.07) is 5.89. The maximum absolute atomic E-state index is 12.3. The number of ether oxygens (including phenoxy) is 1. The van der Waals surface area contributed by atoms with Gasteiger partial charge in [0.1, 0.15) is 0 Å². The number of sulfonamides is 1. The molecule has 2 atom stereocenters. The maximum Gasteiger partial charge on any atom is 0.240 e. The number of rotatable bonds is 5. The second-order valence-electron chi connectivity index (χ2n) is 5.12. The summed E-state index contributed by atoms with van der Waals surface area (Å²) in [6.45, 7) is 4.51. The van der Waals surface area contributed by atoms with Gasteiger partial charge in [-0.3, -0.25) is 4.79 Å². The Labute approximate surface area is 119 Å². The van der Waals surface area contributed by atoms with Crippen molar-refractivity contribution in [2.45, 2.75) is 31.2 Å². The molecular formula is C14H19NO4S. The highest BCUT2D eigenvalue weighted by atomic mass is 32.2. The van der Waals surface area contributed by atoms with Gasteiger partial charge < -0.3 is 4.74 Å². The number of hydrogen-bond donors (Lipinski definition) is 1. The summed E-state index contributed by atoms with van der Waals surface area (Å²) < 4.78 is 32.6. The van der Waals surface area contributed by atoms with Gasteiger partial charge >= 0.3 is 0 Å². The number of benzene rings is 1. The minimum Gasteiger partial charge on any atom is -0.381 e. The van der Waals surface area contributed by atoms with E-state index in [-0.39, 0.29) is 22.6 Å². The number of Topliss-reactive ketones (excluding diaryl/α,β-unsaturated/α-hetero) is 1. The van der Waals surface area contributed by atoms with Crippen LogP contribution in [0.25, 0.3) is 0 Å². The lowest BCUT2D eigenvalue weighted by atomic mass is 10.0. The molecule has 2 rings (SSSR count). The first-order valence-corrected chi connectivity index (χ1v) is 8.09. The minimum absolute atomic E-state index is 0.121. The third-order valence-electron chi connectivity index (χ3n) is 3.56. The lowest BCUT2D eigenvalue weighted by Crippen LogP contribution is -2.38. The maximum atomic E-state index is 12.3. The van der Waals surface area contributed by atoms with Gasteiger partial charge in [0.2, 0.25) is 10.0 Å². The molecule has 1 aromatic rings. The summed E-state index contributed by atoms with van der Waals surface area (Å²) >= 11 is 0. The van der Waals surface area contributed by atoms with Gasteiger partial charge in [0, 0.05) is 24.1 Å². The van der Waals surface area contributed by atoms with Crippen molar-refractivity contribution >= 4 is 15.8 Å². The first-order chi connectivity index (χ1) is 9.40. The molecule has 20 heavy (non-hydrogen) atoms. The average molecular weight is 297 g/mol. The van der Waals surface area contributed by atoms with E-state index in [0.717, 1.165) is 6.42 Å². The molecule has 110 valence electrons. The van der Waals surface area contributed by atoms with Crippen LogP contribution in [0.15, 0.2) is 29.2 Å². The van der Waals surface area contributed by atoms with Crippen LogP contribution in [0.2, 0.25) is 0 Å². The second kappa shape index (κ2) is 6.03. The monoisotopic (exact) mass is 297 g/mol. The van der Waals surface area contributed by atoms with Crippen LogP contribution in [0.4, 0.5) is 0 Å². The zero-order valence-corrected chi connectivity index (χ0v) is 12.4. The van der Waals surface area contributed by atoms with Crippen molar-refractivity contribution in [3.8, 4) is 0 Å². The lowest BCUT2D eigenvalue weighted by molar-refractivity contribution is 0.101. The molecule has 0 spiro atoms. The lowest BCUT2D eigenvalue weighted by Gasteiger charge is -2.19. The molecule has 2 unspecified atom stereocenters. The first-order valence-electron chi connectivity index (χ1n) is 6.61. The smallest absolute Gasteiger partial charge is 0.240 e. The SMILES string of the molecule is CC(=O)c1cccc(S(=O)(=O)NC(C)C2CCOC2)c1. The van der Waals surface area contributed by atoms with E-state index in [1.807, 2.05) is 6.92 Å².